The number of aliphatic carboxylic acids is 1. The maximum absolute atomic E-state index is 10.8. The quantitative estimate of drug-likeness (QED) is 0.863. The third-order valence-electron chi connectivity index (χ3n) is 3.32. The molecule has 0 fully saturated rings. The van der Waals surface area contributed by atoms with Crippen LogP contribution in [-0.2, 0) is 23.1 Å². The molecule has 0 atom stereocenters. The van der Waals surface area contributed by atoms with Gasteiger partial charge in [0.2, 0.25) is 0 Å². The van der Waals surface area contributed by atoms with Gasteiger partial charge in [0, 0.05) is 0 Å². The molecule has 1 aromatic rings. The lowest BCUT2D eigenvalue weighted by Crippen LogP contribution is -2.15. The summed E-state index contributed by atoms with van der Waals surface area (Å²) in [5.74, 6) is -0.103. The van der Waals surface area contributed by atoms with Crippen molar-refractivity contribution >= 4 is 5.97 Å². The van der Waals surface area contributed by atoms with E-state index >= 15 is 0 Å². The molecule has 0 radical (unpaired) electrons. The number of hydrogen-bond donors (Lipinski definition) is 1. The second kappa shape index (κ2) is 6.23. The fourth-order valence-corrected chi connectivity index (χ4v) is 2.31. The van der Waals surface area contributed by atoms with Gasteiger partial charge >= 0.3 is 5.97 Å². The van der Waals surface area contributed by atoms with Crippen LogP contribution >= 0.6 is 0 Å². The molecule has 0 spiro atoms. The Kier molecular flexibility index (Phi) is 5.16. The van der Waals surface area contributed by atoms with Crippen LogP contribution < -0.4 is 0 Å². The first-order valence-corrected chi connectivity index (χ1v) is 7.04. The van der Waals surface area contributed by atoms with Gasteiger partial charge in [0.25, 0.3) is 0 Å². The van der Waals surface area contributed by atoms with Gasteiger partial charge < -0.3 is 5.11 Å². The molecule has 0 aliphatic carbocycles. The Bertz CT molecular complexity index is 439. The zero-order valence-electron chi connectivity index (χ0n) is 12.8. The number of rotatable bonds is 5. The van der Waals surface area contributed by atoms with E-state index in [-0.39, 0.29) is 11.8 Å². The minimum absolute atomic E-state index is 0.105. The molecule has 1 N–H and O–H groups in total. The van der Waals surface area contributed by atoms with Crippen LogP contribution in [0.1, 0.15) is 57.7 Å². The topological polar surface area (TPSA) is 37.3 Å². The van der Waals surface area contributed by atoms with Crippen molar-refractivity contribution in [3.8, 4) is 0 Å². The average molecular weight is 262 g/mol. The number of carboxylic acid groups (broad SMARTS) is 1. The molecular formula is C17H26O2. The second-order valence-corrected chi connectivity index (χ2v) is 6.74. The molecule has 0 saturated heterocycles. The van der Waals surface area contributed by atoms with Crippen molar-refractivity contribution < 1.29 is 9.90 Å². The first kappa shape index (κ1) is 15.7. The summed E-state index contributed by atoms with van der Waals surface area (Å²) in [6.07, 6.45) is 2.27. The highest BCUT2D eigenvalue weighted by Crippen LogP contribution is 2.28. The van der Waals surface area contributed by atoms with Crippen molar-refractivity contribution in [1.29, 1.82) is 0 Å². The standard InChI is InChI=1S/C17H26O2/c1-12(2)6-8-14-10-13(11-16(18)19)7-9-15(14)17(3,4)5/h7,9-10,12H,6,8,11H2,1-5H3,(H,18,19). The zero-order chi connectivity index (χ0) is 14.6. The first-order chi connectivity index (χ1) is 8.70. The van der Waals surface area contributed by atoms with Crippen LogP contribution in [0.3, 0.4) is 0 Å². The first-order valence-electron chi connectivity index (χ1n) is 7.04. The molecule has 106 valence electrons. The van der Waals surface area contributed by atoms with Crippen LogP contribution in [0.5, 0.6) is 0 Å². The van der Waals surface area contributed by atoms with E-state index in [2.05, 4.69) is 46.8 Å². The lowest BCUT2D eigenvalue weighted by molar-refractivity contribution is -0.136. The molecule has 0 bridgehead atoms. The Hall–Kier alpha value is -1.31. The second-order valence-electron chi connectivity index (χ2n) is 6.74. The molecular weight excluding hydrogens is 236 g/mol. The molecule has 0 saturated carbocycles. The van der Waals surface area contributed by atoms with E-state index in [0.29, 0.717) is 5.92 Å². The third kappa shape index (κ3) is 5.06. The largest absolute Gasteiger partial charge is 0.481 e. The Morgan fingerprint density at radius 2 is 1.89 bits per heavy atom. The van der Waals surface area contributed by atoms with E-state index in [1.165, 1.54) is 11.1 Å². The van der Waals surface area contributed by atoms with Gasteiger partial charge in [-0.25, -0.2) is 0 Å². The van der Waals surface area contributed by atoms with Crippen LogP contribution in [0.15, 0.2) is 18.2 Å². The molecule has 1 rings (SSSR count). The van der Waals surface area contributed by atoms with Crippen molar-refractivity contribution in [1.82, 2.24) is 0 Å². The number of aryl methyl sites for hydroxylation is 1. The molecule has 1 aromatic carbocycles. The smallest absolute Gasteiger partial charge is 0.307 e. The summed E-state index contributed by atoms with van der Waals surface area (Å²) in [6, 6.07) is 6.14. The Balaban J connectivity index is 3.07. The van der Waals surface area contributed by atoms with Gasteiger partial charge in [-0.2, -0.15) is 0 Å². The number of carbonyl (C=O) groups is 1. The summed E-state index contributed by atoms with van der Waals surface area (Å²) in [5, 5.41) is 8.91. The Labute approximate surface area is 116 Å². The van der Waals surface area contributed by atoms with Crippen molar-refractivity contribution in [2.45, 2.75) is 59.3 Å². The average Bonchev–Trinajstić information content (AvgIpc) is 2.24. The van der Waals surface area contributed by atoms with Gasteiger partial charge in [-0.3, -0.25) is 4.79 Å². The number of benzene rings is 1. The normalized spacial score (nSPS) is 11.9. The molecule has 0 aliphatic heterocycles. The summed E-state index contributed by atoms with van der Waals surface area (Å²) in [5.41, 5.74) is 3.65. The van der Waals surface area contributed by atoms with Gasteiger partial charge in [0.05, 0.1) is 6.42 Å². The number of hydrogen-bond acceptors (Lipinski definition) is 1. The van der Waals surface area contributed by atoms with Crippen molar-refractivity contribution in [3.05, 3.63) is 34.9 Å². The summed E-state index contributed by atoms with van der Waals surface area (Å²) in [4.78, 5) is 10.8. The molecule has 2 heteroatoms. The highest BCUT2D eigenvalue weighted by Gasteiger charge is 2.18. The monoisotopic (exact) mass is 262 g/mol. The Morgan fingerprint density at radius 3 is 2.37 bits per heavy atom. The van der Waals surface area contributed by atoms with Crippen molar-refractivity contribution in [3.63, 3.8) is 0 Å². The fourth-order valence-electron chi connectivity index (χ4n) is 2.31. The van der Waals surface area contributed by atoms with E-state index in [1.807, 2.05) is 6.07 Å². The van der Waals surface area contributed by atoms with Gasteiger partial charge in [-0.1, -0.05) is 52.8 Å². The molecule has 0 unspecified atom stereocenters. The summed E-state index contributed by atoms with van der Waals surface area (Å²) in [6.45, 7) is 11.1. The highest BCUT2D eigenvalue weighted by molar-refractivity contribution is 5.70. The van der Waals surface area contributed by atoms with E-state index in [0.717, 1.165) is 18.4 Å². The van der Waals surface area contributed by atoms with Crippen molar-refractivity contribution in [2.24, 2.45) is 5.92 Å². The van der Waals surface area contributed by atoms with Gasteiger partial charge in [-0.05, 0) is 40.9 Å². The van der Waals surface area contributed by atoms with Gasteiger partial charge in [0.15, 0.2) is 0 Å². The van der Waals surface area contributed by atoms with E-state index < -0.39 is 5.97 Å². The highest BCUT2D eigenvalue weighted by atomic mass is 16.4. The third-order valence-corrected chi connectivity index (χ3v) is 3.32. The van der Waals surface area contributed by atoms with Crippen LogP contribution in [0.4, 0.5) is 0 Å². The summed E-state index contributed by atoms with van der Waals surface area (Å²) < 4.78 is 0. The van der Waals surface area contributed by atoms with Gasteiger partial charge in [0.1, 0.15) is 0 Å². The SMILES string of the molecule is CC(C)CCc1cc(CC(=O)O)ccc1C(C)(C)C. The van der Waals surface area contributed by atoms with Crippen LogP contribution in [0.2, 0.25) is 0 Å². The summed E-state index contributed by atoms with van der Waals surface area (Å²) >= 11 is 0. The van der Waals surface area contributed by atoms with E-state index in [1.54, 1.807) is 0 Å². The fraction of sp³-hybridized carbons (Fsp3) is 0.588. The molecule has 0 aliphatic rings. The zero-order valence-corrected chi connectivity index (χ0v) is 12.8. The van der Waals surface area contributed by atoms with E-state index in [4.69, 9.17) is 5.11 Å². The maximum atomic E-state index is 10.8. The molecule has 2 nitrogen and oxygen atoms in total. The summed E-state index contributed by atoms with van der Waals surface area (Å²) in [7, 11) is 0. The van der Waals surface area contributed by atoms with Crippen LogP contribution in [-0.4, -0.2) is 11.1 Å². The van der Waals surface area contributed by atoms with Crippen LogP contribution in [0.25, 0.3) is 0 Å². The minimum atomic E-state index is -0.765. The number of carboxylic acids is 1. The van der Waals surface area contributed by atoms with Crippen LogP contribution in [0, 0.1) is 5.92 Å². The lowest BCUT2D eigenvalue weighted by atomic mass is 9.81. The predicted octanol–water partition coefficient (Wildman–Crippen LogP) is 4.20. The van der Waals surface area contributed by atoms with Crippen molar-refractivity contribution in [2.75, 3.05) is 0 Å². The van der Waals surface area contributed by atoms with Gasteiger partial charge in [-0.15, -0.1) is 0 Å². The van der Waals surface area contributed by atoms with E-state index in [9.17, 15) is 4.79 Å². The molecule has 0 heterocycles. The predicted molar refractivity (Wildman–Crippen MR) is 79.6 cm³/mol. The lowest BCUT2D eigenvalue weighted by Gasteiger charge is -2.24. The minimum Gasteiger partial charge on any atom is -0.481 e. The maximum Gasteiger partial charge on any atom is 0.307 e. The molecule has 19 heavy (non-hydrogen) atoms. The molecule has 0 amide bonds. The Morgan fingerprint density at radius 1 is 1.26 bits per heavy atom. The molecule has 0 aromatic heterocycles.